The number of hydrogen-bond acceptors (Lipinski definition) is 8. The Kier molecular flexibility index (Phi) is 10.4. The Labute approximate surface area is 341 Å². The van der Waals surface area contributed by atoms with Crippen molar-refractivity contribution in [3.63, 3.8) is 0 Å². The smallest absolute Gasteiger partial charge is 0.407 e. The molecule has 294 valence electrons. The molecule has 2 N–H and O–H groups in total. The first kappa shape index (κ1) is 38.4. The number of hydrogen-bond donors (Lipinski definition) is 2. The van der Waals surface area contributed by atoms with Gasteiger partial charge in [0.15, 0.2) is 5.65 Å². The molecule has 0 unspecified atom stereocenters. The number of fused-ring (bicyclic) bond motifs is 2. The molecule has 58 heavy (non-hydrogen) atoms. The zero-order valence-electron chi connectivity index (χ0n) is 31.0. The van der Waals surface area contributed by atoms with Gasteiger partial charge in [-0.15, -0.1) is 5.10 Å². The maximum Gasteiger partial charge on any atom is 0.407 e. The van der Waals surface area contributed by atoms with Crippen molar-refractivity contribution in [1.29, 1.82) is 0 Å². The Hall–Kier alpha value is -6.51. The van der Waals surface area contributed by atoms with Gasteiger partial charge in [-0.1, -0.05) is 71.7 Å². The maximum absolute atomic E-state index is 13.5. The number of benzene rings is 3. The molecule has 14 nitrogen and oxygen atoms in total. The van der Waals surface area contributed by atoms with Crippen molar-refractivity contribution < 1.29 is 29.0 Å². The minimum atomic E-state index is -1.13. The number of carboxylic acid groups (broad SMARTS) is 1. The number of imide groups is 1. The normalized spacial score (nSPS) is 14.9. The highest BCUT2D eigenvalue weighted by Crippen LogP contribution is 2.42. The van der Waals surface area contributed by atoms with E-state index in [-0.39, 0.29) is 61.5 Å². The molecular formula is C42H35Cl2N7O7. The minimum Gasteiger partial charge on any atom is -0.481 e. The van der Waals surface area contributed by atoms with E-state index in [1.165, 1.54) is 26.0 Å². The molecule has 1 fully saturated rings. The number of halogens is 2. The van der Waals surface area contributed by atoms with Crippen LogP contribution in [0, 0.1) is 0 Å². The summed E-state index contributed by atoms with van der Waals surface area (Å²) < 4.78 is 8.34. The van der Waals surface area contributed by atoms with Crippen LogP contribution in [0.5, 0.6) is 5.88 Å². The van der Waals surface area contributed by atoms with Crippen molar-refractivity contribution in [1.82, 2.24) is 34.3 Å². The summed E-state index contributed by atoms with van der Waals surface area (Å²) in [5, 5.41) is 17.9. The fourth-order valence-electron chi connectivity index (χ4n) is 7.46. The molecule has 5 heterocycles. The van der Waals surface area contributed by atoms with Gasteiger partial charge in [0, 0.05) is 71.7 Å². The summed E-state index contributed by atoms with van der Waals surface area (Å²) in [5.41, 5.74) is 5.02. The SMILES string of the molecule is COc1nc(-c2cccc(-c3cccc(-c4ccc5nn(CCCN6C(=O)c7ccccc7C6=O)c(=O)n5c4)c3Cl)c2Cl)ccc1CN(C[C@@H]1CCC(=O)N1)C(=O)O. The first-order valence-electron chi connectivity index (χ1n) is 18.5. The average Bonchev–Trinajstić information content (AvgIpc) is 3.86. The van der Waals surface area contributed by atoms with Crippen molar-refractivity contribution in [2.75, 3.05) is 20.2 Å². The summed E-state index contributed by atoms with van der Waals surface area (Å²) in [4.78, 5) is 69.9. The molecule has 1 atom stereocenters. The number of rotatable bonds is 12. The van der Waals surface area contributed by atoms with E-state index in [2.05, 4.69) is 10.4 Å². The first-order chi connectivity index (χ1) is 28.0. The Balaban J connectivity index is 1.02. The zero-order valence-corrected chi connectivity index (χ0v) is 32.5. The molecular weight excluding hydrogens is 785 g/mol. The molecule has 3 aromatic heterocycles. The van der Waals surface area contributed by atoms with Crippen LogP contribution in [-0.2, 0) is 17.9 Å². The highest BCUT2D eigenvalue weighted by atomic mass is 35.5. The van der Waals surface area contributed by atoms with E-state index in [4.69, 9.17) is 32.9 Å². The number of aryl methyl sites for hydroxylation is 1. The zero-order chi connectivity index (χ0) is 40.7. The van der Waals surface area contributed by atoms with Crippen molar-refractivity contribution >= 4 is 52.7 Å². The van der Waals surface area contributed by atoms with E-state index < -0.39 is 6.09 Å². The Morgan fingerprint density at radius 1 is 0.845 bits per heavy atom. The van der Waals surface area contributed by atoms with E-state index >= 15 is 0 Å². The third-order valence-electron chi connectivity index (χ3n) is 10.4. The topological polar surface area (TPSA) is 168 Å². The van der Waals surface area contributed by atoms with E-state index in [0.717, 1.165) is 0 Å². The first-order valence-corrected chi connectivity index (χ1v) is 19.2. The molecule has 2 aliphatic heterocycles. The monoisotopic (exact) mass is 819 g/mol. The number of ether oxygens (including phenoxy) is 1. The van der Waals surface area contributed by atoms with Gasteiger partial charge in [-0.2, -0.15) is 0 Å². The quantitative estimate of drug-likeness (QED) is 0.128. The van der Waals surface area contributed by atoms with Crippen molar-refractivity contribution in [2.45, 2.75) is 38.4 Å². The van der Waals surface area contributed by atoms with Crippen LogP contribution >= 0.6 is 23.2 Å². The molecule has 0 bridgehead atoms. The average molecular weight is 821 g/mol. The largest absolute Gasteiger partial charge is 0.481 e. The summed E-state index contributed by atoms with van der Waals surface area (Å²) >= 11 is 14.2. The lowest BCUT2D eigenvalue weighted by Crippen LogP contribution is -2.41. The van der Waals surface area contributed by atoms with Gasteiger partial charge in [0.1, 0.15) is 0 Å². The van der Waals surface area contributed by atoms with Gasteiger partial charge in [0.05, 0.1) is 40.5 Å². The predicted octanol–water partition coefficient (Wildman–Crippen LogP) is 6.65. The number of nitrogens with one attached hydrogen (secondary N) is 1. The summed E-state index contributed by atoms with van der Waals surface area (Å²) in [5.74, 6) is -0.553. The number of methoxy groups -OCH3 is 1. The van der Waals surface area contributed by atoms with E-state index in [1.54, 1.807) is 48.7 Å². The summed E-state index contributed by atoms with van der Waals surface area (Å²) in [7, 11) is 1.46. The van der Waals surface area contributed by atoms with Gasteiger partial charge in [-0.3, -0.25) is 19.3 Å². The van der Waals surface area contributed by atoms with E-state index in [9.17, 15) is 29.1 Å². The summed E-state index contributed by atoms with van der Waals surface area (Å²) in [6, 6.07) is 24.5. The van der Waals surface area contributed by atoms with Crippen LogP contribution in [0.2, 0.25) is 10.0 Å². The maximum atomic E-state index is 13.5. The summed E-state index contributed by atoms with van der Waals surface area (Å²) in [6.45, 7) is 0.483. The van der Waals surface area contributed by atoms with Crippen LogP contribution in [0.3, 0.4) is 0 Å². The third kappa shape index (κ3) is 7.16. The molecule has 4 amide bonds. The van der Waals surface area contributed by atoms with Crippen LogP contribution in [0.4, 0.5) is 4.79 Å². The van der Waals surface area contributed by atoms with Crippen LogP contribution in [0.25, 0.3) is 39.2 Å². The number of aromatic nitrogens is 4. The lowest BCUT2D eigenvalue weighted by Gasteiger charge is -2.23. The number of amides is 4. The second-order valence-electron chi connectivity index (χ2n) is 14.0. The van der Waals surface area contributed by atoms with Crippen molar-refractivity contribution in [2.24, 2.45) is 0 Å². The molecule has 0 radical (unpaired) electrons. The highest BCUT2D eigenvalue weighted by Gasteiger charge is 2.34. The highest BCUT2D eigenvalue weighted by molar-refractivity contribution is 6.39. The number of carbonyl (C=O) groups is 4. The van der Waals surface area contributed by atoms with E-state index in [0.29, 0.717) is 85.2 Å². The molecule has 0 aliphatic carbocycles. The lowest BCUT2D eigenvalue weighted by molar-refractivity contribution is -0.119. The van der Waals surface area contributed by atoms with Crippen molar-refractivity contribution in [3.05, 3.63) is 128 Å². The molecule has 1 saturated heterocycles. The van der Waals surface area contributed by atoms with Crippen LogP contribution in [-0.4, -0.2) is 84.1 Å². The Morgan fingerprint density at radius 3 is 2.16 bits per heavy atom. The number of nitrogens with zero attached hydrogens (tertiary/aromatic N) is 6. The number of carbonyl (C=O) groups excluding carboxylic acids is 3. The van der Waals surface area contributed by atoms with E-state index in [1.807, 2.05) is 42.5 Å². The molecule has 8 rings (SSSR count). The van der Waals surface area contributed by atoms with Crippen LogP contribution in [0.1, 0.15) is 45.5 Å². The molecule has 16 heteroatoms. The standard InChI is InChI=1S/C42H35Cl2N7O7/c1-58-38-25(21-48(42(56)57)23-26-15-18-35(52)45-26)13-16-33(46-38)32-12-5-11-29(37(32)44)28-10-4-9-27(36(28)43)24-14-17-34-47-51(41(55)50(34)22-24)20-6-19-49-39(53)30-7-2-3-8-31(30)40(49)54/h2-5,7-14,16-17,22,26H,6,15,18-21,23H2,1H3,(H,45,52)(H,56,57)/t26-/m0/s1. The van der Waals surface area contributed by atoms with Crippen molar-refractivity contribution in [3.8, 4) is 39.4 Å². The summed E-state index contributed by atoms with van der Waals surface area (Å²) in [6.07, 6.45) is 1.81. The van der Waals surface area contributed by atoms with Gasteiger partial charge in [0.2, 0.25) is 11.8 Å². The lowest BCUT2D eigenvalue weighted by atomic mass is 9.97. The van der Waals surface area contributed by atoms with Gasteiger partial charge in [0.25, 0.3) is 11.8 Å². The number of pyridine rings is 2. The fourth-order valence-corrected chi connectivity index (χ4v) is 8.12. The van der Waals surface area contributed by atoms with Gasteiger partial charge in [-0.05, 0) is 49.2 Å². The third-order valence-corrected chi connectivity index (χ3v) is 11.2. The Bertz CT molecular complexity index is 2680. The molecule has 0 saturated carbocycles. The second kappa shape index (κ2) is 15.8. The van der Waals surface area contributed by atoms with Crippen LogP contribution < -0.4 is 15.7 Å². The van der Waals surface area contributed by atoms with Gasteiger partial charge >= 0.3 is 11.8 Å². The van der Waals surface area contributed by atoms with Gasteiger partial charge in [-0.25, -0.2) is 23.7 Å². The molecule has 0 spiro atoms. The minimum absolute atomic E-state index is 0.00570. The van der Waals surface area contributed by atoms with Gasteiger partial charge < -0.3 is 20.1 Å². The molecule has 3 aromatic carbocycles. The fraction of sp³-hybridized carbons (Fsp3) is 0.214. The molecule has 6 aromatic rings. The molecule has 2 aliphatic rings. The second-order valence-corrected chi connectivity index (χ2v) is 14.7. The van der Waals surface area contributed by atoms with Crippen LogP contribution in [0.15, 0.2) is 95.9 Å². The predicted molar refractivity (Wildman–Crippen MR) is 216 cm³/mol. The Morgan fingerprint density at radius 2 is 1.50 bits per heavy atom.